The SMILES string of the molecule is COc1ccc(Nc2ncc(C)c(-n3ccc(C(=O)NC(CO)c4cccc(Cl)c4)c3)n2)cc1OCCCN(C)C. The summed E-state index contributed by atoms with van der Waals surface area (Å²) in [5.74, 6) is 1.94. The second-order valence-electron chi connectivity index (χ2n) is 9.77. The molecule has 216 valence electrons. The van der Waals surface area contributed by atoms with Crippen molar-refractivity contribution in [1.82, 2.24) is 24.8 Å². The lowest BCUT2D eigenvalue weighted by Crippen LogP contribution is -2.30. The number of aromatic nitrogens is 3. The number of ether oxygens (including phenoxy) is 2. The van der Waals surface area contributed by atoms with Gasteiger partial charge < -0.3 is 34.7 Å². The summed E-state index contributed by atoms with van der Waals surface area (Å²) in [7, 11) is 5.66. The molecule has 0 aliphatic rings. The van der Waals surface area contributed by atoms with Gasteiger partial charge in [-0.3, -0.25) is 4.79 Å². The summed E-state index contributed by atoms with van der Waals surface area (Å²) < 4.78 is 13.2. The number of hydrogen-bond donors (Lipinski definition) is 3. The Morgan fingerprint density at radius 1 is 1.17 bits per heavy atom. The van der Waals surface area contributed by atoms with Crippen LogP contribution < -0.4 is 20.1 Å². The Hall–Kier alpha value is -4.12. The number of amides is 1. The Bertz CT molecular complexity index is 1480. The minimum Gasteiger partial charge on any atom is -0.493 e. The standard InChI is InChI=1S/C30H35ClN6O4/c1-20-17-32-30(33-24-9-10-26(40-4)27(16-24)41-14-6-12-36(2)3)35-28(20)37-13-11-22(18-37)29(39)34-25(19-38)21-7-5-8-23(31)15-21/h5,7-11,13,15-18,25,38H,6,12,14,19H2,1-4H3,(H,34,39)(H,32,33,35). The maximum Gasteiger partial charge on any atom is 0.253 e. The summed E-state index contributed by atoms with van der Waals surface area (Å²) in [6, 6.07) is 13.7. The van der Waals surface area contributed by atoms with Gasteiger partial charge in [0.2, 0.25) is 5.95 Å². The number of hydrogen-bond acceptors (Lipinski definition) is 8. The third-order valence-electron chi connectivity index (χ3n) is 6.31. The van der Waals surface area contributed by atoms with Crippen LogP contribution in [0.4, 0.5) is 11.6 Å². The lowest BCUT2D eigenvalue weighted by Gasteiger charge is -2.16. The number of aliphatic hydroxyl groups is 1. The van der Waals surface area contributed by atoms with E-state index in [-0.39, 0.29) is 12.5 Å². The Kier molecular flexibility index (Phi) is 10.2. The topological polar surface area (TPSA) is 114 Å². The molecule has 1 atom stereocenters. The third-order valence-corrected chi connectivity index (χ3v) is 6.55. The molecule has 0 aliphatic heterocycles. The third kappa shape index (κ3) is 7.97. The van der Waals surface area contributed by atoms with Crippen LogP contribution in [0.5, 0.6) is 11.5 Å². The molecule has 4 aromatic rings. The maximum absolute atomic E-state index is 13.0. The fourth-order valence-electron chi connectivity index (χ4n) is 4.18. The molecule has 10 nitrogen and oxygen atoms in total. The summed E-state index contributed by atoms with van der Waals surface area (Å²) in [5.41, 5.74) is 2.71. The van der Waals surface area contributed by atoms with Crippen molar-refractivity contribution in [3.05, 3.63) is 88.8 Å². The van der Waals surface area contributed by atoms with Crippen LogP contribution in [-0.2, 0) is 0 Å². The first-order chi connectivity index (χ1) is 19.8. The highest BCUT2D eigenvalue weighted by atomic mass is 35.5. The molecule has 3 N–H and O–H groups in total. The molecule has 0 radical (unpaired) electrons. The molecule has 0 saturated carbocycles. The second-order valence-corrected chi connectivity index (χ2v) is 10.2. The quantitative estimate of drug-likeness (QED) is 0.194. The maximum atomic E-state index is 13.0. The van der Waals surface area contributed by atoms with Crippen molar-refractivity contribution in [2.45, 2.75) is 19.4 Å². The Morgan fingerprint density at radius 3 is 2.73 bits per heavy atom. The molecule has 2 aromatic heterocycles. The number of aryl methyl sites for hydroxylation is 1. The summed E-state index contributed by atoms with van der Waals surface area (Å²) in [4.78, 5) is 24.2. The average molecular weight is 579 g/mol. The molecule has 2 heterocycles. The molecule has 11 heteroatoms. The zero-order valence-corrected chi connectivity index (χ0v) is 24.4. The van der Waals surface area contributed by atoms with Gasteiger partial charge in [-0.25, -0.2) is 4.98 Å². The van der Waals surface area contributed by atoms with E-state index in [1.165, 1.54) is 0 Å². The Labute approximate surface area is 244 Å². The predicted octanol–water partition coefficient (Wildman–Crippen LogP) is 4.78. The number of aliphatic hydroxyl groups excluding tert-OH is 1. The molecule has 2 aromatic carbocycles. The monoisotopic (exact) mass is 578 g/mol. The van der Waals surface area contributed by atoms with Gasteiger partial charge in [0.05, 0.1) is 31.9 Å². The zero-order valence-electron chi connectivity index (χ0n) is 23.6. The van der Waals surface area contributed by atoms with Gasteiger partial charge in [-0.1, -0.05) is 23.7 Å². The molecule has 0 fully saturated rings. The van der Waals surface area contributed by atoms with E-state index < -0.39 is 6.04 Å². The smallest absolute Gasteiger partial charge is 0.253 e. The fraction of sp³-hybridized carbons (Fsp3) is 0.300. The largest absolute Gasteiger partial charge is 0.493 e. The van der Waals surface area contributed by atoms with Crippen molar-refractivity contribution >= 4 is 29.1 Å². The predicted molar refractivity (Wildman–Crippen MR) is 160 cm³/mol. The molecule has 0 bridgehead atoms. The molecular weight excluding hydrogens is 544 g/mol. The van der Waals surface area contributed by atoms with Gasteiger partial charge in [0.25, 0.3) is 5.91 Å². The van der Waals surface area contributed by atoms with E-state index >= 15 is 0 Å². The summed E-state index contributed by atoms with van der Waals surface area (Å²) in [6.07, 6.45) is 6.05. The number of methoxy groups -OCH3 is 1. The van der Waals surface area contributed by atoms with Crippen LogP contribution >= 0.6 is 11.6 Å². The van der Waals surface area contributed by atoms with Gasteiger partial charge in [0.15, 0.2) is 11.5 Å². The molecule has 0 aliphatic carbocycles. The van der Waals surface area contributed by atoms with Gasteiger partial charge in [-0.2, -0.15) is 4.98 Å². The van der Waals surface area contributed by atoms with E-state index in [1.807, 2.05) is 39.2 Å². The summed E-state index contributed by atoms with van der Waals surface area (Å²) >= 11 is 6.08. The van der Waals surface area contributed by atoms with Crippen LogP contribution in [-0.4, -0.2) is 71.4 Å². The number of carbonyl (C=O) groups is 1. The van der Waals surface area contributed by atoms with Gasteiger partial charge in [0, 0.05) is 47.5 Å². The number of halogens is 1. The molecule has 1 amide bonds. The number of rotatable bonds is 13. The van der Waals surface area contributed by atoms with Crippen molar-refractivity contribution in [2.24, 2.45) is 0 Å². The van der Waals surface area contributed by atoms with E-state index in [0.717, 1.165) is 29.8 Å². The zero-order chi connectivity index (χ0) is 29.4. The summed E-state index contributed by atoms with van der Waals surface area (Å²) in [6.45, 7) is 3.12. The summed E-state index contributed by atoms with van der Waals surface area (Å²) in [5, 5.41) is 16.5. The van der Waals surface area contributed by atoms with Crippen LogP contribution in [0.3, 0.4) is 0 Å². The first-order valence-corrected chi connectivity index (χ1v) is 13.6. The second kappa shape index (κ2) is 14.0. The van der Waals surface area contributed by atoms with E-state index in [0.29, 0.717) is 40.5 Å². The van der Waals surface area contributed by atoms with E-state index in [4.69, 9.17) is 21.1 Å². The average Bonchev–Trinajstić information content (AvgIpc) is 3.45. The Morgan fingerprint density at radius 2 is 2.00 bits per heavy atom. The molecule has 0 spiro atoms. The normalized spacial score (nSPS) is 11.8. The number of nitrogens with zero attached hydrogens (tertiary/aromatic N) is 4. The van der Waals surface area contributed by atoms with Gasteiger partial charge >= 0.3 is 0 Å². The lowest BCUT2D eigenvalue weighted by atomic mass is 10.1. The van der Waals surface area contributed by atoms with Crippen LogP contribution in [0.2, 0.25) is 5.02 Å². The number of benzene rings is 2. The van der Waals surface area contributed by atoms with Crippen molar-refractivity contribution in [3.63, 3.8) is 0 Å². The van der Waals surface area contributed by atoms with Crippen LogP contribution in [0, 0.1) is 6.92 Å². The highest BCUT2D eigenvalue weighted by Crippen LogP contribution is 2.31. The first-order valence-electron chi connectivity index (χ1n) is 13.2. The minimum absolute atomic E-state index is 0.263. The van der Waals surface area contributed by atoms with Gasteiger partial charge in [-0.05, 0) is 63.3 Å². The van der Waals surface area contributed by atoms with E-state index in [9.17, 15) is 9.90 Å². The van der Waals surface area contributed by atoms with Crippen molar-refractivity contribution in [2.75, 3.05) is 46.3 Å². The minimum atomic E-state index is -0.590. The molecular formula is C30H35ClN6O4. The Balaban J connectivity index is 1.48. The first kappa shape index (κ1) is 29.9. The van der Waals surface area contributed by atoms with E-state index in [2.05, 4.69) is 25.5 Å². The lowest BCUT2D eigenvalue weighted by molar-refractivity contribution is 0.0916. The molecule has 4 rings (SSSR count). The van der Waals surface area contributed by atoms with Crippen molar-refractivity contribution < 1.29 is 19.4 Å². The van der Waals surface area contributed by atoms with Crippen LogP contribution in [0.15, 0.2) is 67.1 Å². The van der Waals surface area contributed by atoms with Crippen LogP contribution in [0.25, 0.3) is 5.82 Å². The van der Waals surface area contributed by atoms with E-state index in [1.54, 1.807) is 60.6 Å². The highest BCUT2D eigenvalue weighted by Gasteiger charge is 2.17. The van der Waals surface area contributed by atoms with Gasteiger partial charge in [-0.15, -0.1) is 0 Å². The highest BCUT2D eigenvalue weighted by molar-refractivity contribution is 6.30. The number of nitrogens with one attached hydrogen (secondary N) is 2. The van der Waals surface area contributed by atoms with Crippen molar-refractivity contribution in [3.8, 4) is 17.3 Å². The molecule has 1 unspecified atom stereocenters. The van der Waals surface area contributed by atoms with Gasteiger partial charge in [0.1, 0.15) is 5.82 Å². The number of anilines is 2. The number of carbonyl (C=O) groups excluding carboxylic acids is 1. The van der Waals surface area contributed by atoms with Crippen molar-refractivity contribution in [1.29, 1.82) is 0 Å². The fourth-order valence-corrected chi connectivity index (χ4v) is 4.37. The molecule has 0 saturated heterocycles. The molecule has 41 heavy (non-hydrogen) atoms. The van der Waals surface area contributed by atoms with Crippen LogP contribution in [0.1, 0.15) is 33.9 Å².